The van der Waals surface area contributed by atoms with Gasteiger partial charge < -0.3 is 20.1 Å². The smallest absolute Gasteiger partial charge is 0.125 e. The molecule has 2 heterocycles. The molecule has 4 heteroatoms. The van der Waals surface area contributed by atoms with Crippen LogP contribution in [0.1, 0.15) is 18.1 Å². The van der Waals surface area contributed by atoms with Gasteiger partial charge in [-0.3, -0.25) is 0 Å². The zero-order valence-corrected chi connectivity index (χ0v) is 9.85. The van der Waals surface area contributed by atoms with Gasteiger partial charge in [-0.05, 0) is 18.2 Å². The summed E-state index contributed by atoms with van der Waals surface area (Å²) in [5.41, 5.74) is 2.13. The number of benzene rings is 1. The summed E-state index contributed by atoms with van der Waals surface area (Å²) in [6.45, 7) is 4.71. The van der Waals surface area contributed by atoms with Crippen LogP contribution in [-0.4, -0.2) is 37.9 Å². The van der Waals surface area contributed by atoms with E-state index in [0.29, 0.717) is 13.0 Å². The molecule has 1 saturated heterocycles. The minimum Gasteiger partial charge on any atom is -0.493 e. The molecule has 2 aliphatic rings. The van der Waals surface area contributed by atoms with Crippen LogP contribution in [-0.2, 0) is 0 Å². The lowest BCUT2D eigenvalue weighted by Crippen LogP contribution is -2.43. The Hall–Kier alpha value is -1.26. The SMILES string of the molecule is O[C@H]1CCOc2ccc(N3CCNCC3)cc21. The number of anilines is 1. The molecular formula is C13H18N2O2. The molecule has 1 atom stereocenters. The third-order valence-electron chi connectivity index (χ3n) is 3.48. The summed E-state index contributed by atoms with van der Waals surface area (Å²) in [5, 5.41) is 13.3. The molecule has 3 rings (SSSR count). The summed E-state index contributed by atoms with van der Waals surface area (Å²) in [7, 11) is 0. The maximum atomic E-state index is 9.97. The lowest BCUT2D eigenvalue weighted by atomic mass is 10.0. The Kier molecular flexibility index (Phi) is 2.91. The van der Waals surface area contributed by atoms with E-state index in [-0.39, 0.29) is 6.10 Å². The van der Waals surface area contributed by atoms with E-state index >= 15 is 0 Å². The van der Waals surface area contributed by atoms with Gasteiger partial charge in [0.05, 0.1) is 12.7 Å². The summed E-state index contributed by atoms with van der Waals surface area (Å²) in [6.07, 6.45) is 0.319. The molecule has 4 nitrogen and oxygen atoms in total. The van der Waals surface area contributed by atoms with Crippen LogP contribution in [0.2, 0.25) is 0 Å². The van der Waals surface area contributed by atoms with Crippen LogP contribution in [0.15, 0.2) is 18.2 Å². The van der Waals surface area contributed by atoms with Gasteiger partial charge in [-0.15, -0.1) is 0 Å². The van der Waals surface area contributed by atoms with Crippen molar-refractivity contribution in [1.82, 2.24) is 5.32 Å². The predicted molar refractivity (Wildman–Crippen MR) is 66.6 cm³/mol. The summed E-state index contributed by atoms with van der Waals surface area (Å²) < 4.78 is 5.55. The maximum absolute atomic E-state index is 9.97. The summed E-state index contributed by atoms with van der Waals surface area (Å²) in [5.74, 6) is 0.836. The first kappa shape index (κ1) is 10.9. The van der Waals surface area contributed by atoms with Crippen molar-refractivity contribution in [2.45, 2.75) is 12.5 Å². The monoisotopic (exact) mass is 234 g/mol. The zero-order valence-electron chi connectivity index (χ0n) is 9.85. The number of hydrogen-bond acceptors (Lipinski definition) is 4. The Labute approximate surface area is 101 Å². The number of nitrogens with zero attached hydrogens (tertiary/aromatic N) is 1. The molecule has 2 aliphatic heterocycles. The second-order valence-corrected chi connectivity index (χ2v) is 4.61. The highest BCUT2D eigenvalue weighted by molar-refractivity contribution is 5.54. The van der Waals surface area contributed by atoms with Gasteiger partial charge in [0.2, 0.25) is 0 Å². The van der Waals surface area contributed by atoms with Gasteiger partial charge in [0, 0.05) is 43.9 Å². The topological polar surface area (TPSA) is 44.7 Å². The van der Waals surface area contributed by atoms with Gasteiger partial charge in [-0.25, -0.2) is 0 Å². The standard InChI is InChI=1S/C13H18N2O2/c16-12-3-8-17-13-2-1-10(9-11(12)13)15-6-4-14-5-7-15/h1-2,9,12,14,16H,3-8H2/t12-/m0/s1. The van der Waals surface area contributed by atoms with Crippen LogP contribution < -0.4 is 15.0 Å². The average Bonchev–Trinajstić information content (AvgIpc) is 2.40. The average molecular weight is 234 g/mol. The van der Waals surface area contributed by atoms with E-state index in [1.54, 1.807) is 0 Å². The number of rotatable bonds is 1. The molecule has 0 saturated carbocycles. The number of piperazine rings is 1. The number of ether oxygens (including phenoxy) is 1. The largest absolute Gasteiger partial charge is 0.493 e. The van der Waals surface area contributed by atoms with Crippen LogP contribution in [0.3, 0.4) is 0 Å². The lowest BCUT2D eigenvalue weighted by Gasteiger charge is -2.31. The number of aliphatic hydroxyl groups excluding tert-OH is 1. The minimum atomic E-state index is -0.374. The first-order chi connectivity index (χ1) is 8.34. The van der Waals surface area contributed by atoms with E-state index in [1.807, 2.05) is 6.07 Å². The molecule has 1 fully saturated rings. The van der Waals surface area contributed by atoms with Gasteiger partial charge in [-0.2, -0.15) is 0 Å². The van der Waals surface area contributed by atoms with E-state index in [4.69, 9.17) is 4.74 Å². The molecule has 0 aromatic heterocycles. The Bertz CT molecular complexity index is 402. The molecule has 2 N–H and O–H groups in total. The van der Waals surface area contributed by atoms with Crippen LogP contribution >= 0.6 is 0 Å². The maximum Gasteiger partial charge on any atom is 0.125 e. The third kappa shape index (κ3) is 2.10. The molecule has 92 valence electrons. The normalized spacial score (nSPS) is 24.1. The summed E-state index contributed by atoms with van der Waals surface area (Å²) in [6, 6.07) is 6.14. The molecule has 1 aromatic carbocycles. The Balaban J connectivity index is 1.88. The quantitative estimate of drug-likeness (QED) is 0.758. The van der Waals surface area contributed by atoms with Crippen molar-refractivity contribution in [1.29, 1.82) is 0 Å². The highest BCUT2D eigenvalue weighted by Crippen LogP contribution is 2.34. The molecule has 1 aromatic rings. The van der Waals surface area contributed by atoms with Gasteiger partial charge in [-0.1, -0.05) is 0 Å². The van der Waals surface area contributed by atoms with Crippen molar-refractivity contribution in [3.8, 4) is 5.75 Å². The number of nitrogens with one attached hydrogen (secondary N) is 1. The van der Waals surface area contributed by atoms with E-state index in [2.05, 4.69) is 22.3 Å². The van der Waals surface area contributed by atoms with Gasteiger partial charge in [0.25, 0.3) is 0 Å². The first-order valence-electron chi connectivity index (χ1n) is 6.25. The molecule has 0 amide bonds. The van der Waals surface area contributed by atoms with Gasteiger partial charge in [0.1, 0.15) is 5.75 Å². The molecule has 0 unspecified atom stereocenters. The molecule has 0 radical (unpaired) electrons. The number of aliphatic hydroxyl groups is 1. The number of fused-ring (bicyclic) bond motifs is 1. The van der Waals surface area contributed by atoms with Crippen molar-refractivity contribution in [3.05, 3.63) is 23.8 Å². The molecule has 0 spiro atoms. The molecule has 17 heavy (non-hydrogen) atoms. The Morgan fingerprint density at radius 1 is 1.29 bits per heavy atom. The Morgan fingerprint density at radius 3 is 2.94 bits per heavy atom. The fourth-order valence-electron chi connectivity index (χ4n) is 2.48. The van der Waals surface area contributed by atoms with Crippen LogP contribution in [0.4, 0.5) is 5.69 Å². The second kappa shape index (κ2) is 4.55. The van der Waals surface area contributed by atoms with E-state index in [1.165, 1.54) is 5.69 Å². The second-order valence-electron chi connectivity index (χ2n) is 4.61. The lowest BCUT2D eigenvalue weighted by molar-refractivity contribution is 0.115. The number of hydrogen-bond donors (Lipinski definition) is 2. The third-order valence-corrected chi connectivity index (χ3v) is 3.48. The van der Waals surface area contributed by atoms with Crippen molar-refractivity contribution in [3.63, 3.8) is 0 Å². The van der Waals surface area contributed by atoms with Gasteiger partial charge >= 0.3 is 0 Å². The van der Waals surface area contributed by atoms with E-state index in [9.17, 15) is 5.11 Å². The van der Waals surface area contributed by atoms with Crippen molar-refractivity contribution >= 4 is 5.69 Å². The van der Waals surface area contributed by atoms with Crippen molar-refractivity contribution < 1.29 is 9.84 Å². The highest BCUT2D eigenvalue weighted by atomic mass is 16.5. The predicted octanol–water partition coefficient (Wildman–Crippen LogP) is 0.912. The first-order valence-corrected chi connectivity index (χ1v) is 6.25. The molecular weight excluding hydrogens is 216 g/mol. The van der Waals surface area contributed by atoms with Gasteiger partial charge in [0.15, 0.2) is 0 Å². The van der Waals surface area contributed by atoms with Crippen LogP contribution in [0, 0.1) is 0 Å². The van der Waals surface area contributed by atoms with Crippen molar-refractivity contribution in [2.24, 2.45) is 0 Å². The van der Waals surface area contributed by atoms with E-state index in [0.717, 1.165) is 37.5 Å². The molecule has 0 bridgehead atoms. The molecule has 0 aliphatic carbocycles. The highest BCUT2D eigenvalue weighted by Gasteiger charge is 2.21. The summed E-state index contributed by atoms with van der Waals surface area (Å²) >= 11 is 0. The van der Waals surface area contributed by atoms with Crippen LogP contribution in [0.5, 0.6) is 5.75 Å². The summed E-state index contributed by atoms with van der Waals surface area (Å²) in [4.78, 5) is 2.35. The van der Waals surface area contributed by atoms with E-state index < -0.39 is 0 Å². The van der Waals surface area contributed by atoms with Crippen LogP contribution in [0.25, 0.3) is 0 Å². The fourth-order valence-corrected chi connectivity index (χ4v) is 2.48. The van der Waals surface area contributed by atoms with Crippen molar-refractivity contribution in [2.75, 3.05) is 37.7 Å². The zero-order chi connectivity index (χ0) is 11.7. The minimum absolute atomic E-state index is 0.374. The fraction of sp³-hybridized carbons (Fsp3) is 0.538. The Morgan fingerprint density at radius 2 is 2.12 bits per heavy atom.